The minimum absolute atomic E-state index is 0.198. The van der Waals surface area contributed by atoms with Crippen LogP contribution in [0.1, 0.15) is 47.8 Å². The third-order valence-corrected chi connectivity index (χ3v) is 3.77. The zero-order chi connectivity index (χ0) is 19.9. The van der Waals surface area contributed by atoms with Gasteiger partial charge >= 0.3 is 12.0 Å². The molecule has 2 aromatic rings. The molecular weight excluding hydrogens is 344 g/mol. The summed E-state index contributed by atoms with van der Waals surface area (Å²) in [7, 11) is 0. The van der Waals surface area contributed by atoms with Crippen molar-refractivity contribution in [2.24, 2.45) is 0 Å². The fourth-order valence-corrected chi connectivity index (χ4v) is 2.32. The van der Waals surface area contributed by atoms with Crippen LogP contribution in [-0.2, 0) is 24.4 Å². The smallest absolute Gasteiger partial charge is 0.335 e. The lowest BCUT2D eigenvalue weighted by Gasteiger charge is -2.19. The monoisotopic (exact) mass is 370 g/mol. The molecule has 6 heteroatoms. The summed E-state index contributed by atoms with van der Waals surface area (Å²) in [4.78, 5) is 22.8. The quantitative estimate of drug-likeness (QED) is 0.693. The van der Waals surface area contributed by atoms with Crippen LogP contribution in [0.15, 0.2) is 48.5 Å². The molecule has 2 amide bonds. The van der Waals surface area contributed by atoms with Gasteiger partial charge in [-0.05, 0) is 49.6 Å². The number of hydrogen-bond acceptors (Lipinski definition) is 3. The van der Waals surface area contributed by atoms with Gasteiger partial charge in [-0.3, -0.25) is 0 Å². The largest absolute Gasteiger partial charge is 0.478 e. The number of aromatic carboxylic acids is 1. The van der Waals surface area contributed by atoms with Crippen molar-refractivity contribution >= 4 is 12.0 Å². The van der Waals surface area contributed by atoms with Crippen LogP contribution in [0.3, 0.4) is 0 Å². The van der Waals surface area contributed by atoms with Gasteiger partial charge in [0.1, 0.15) is 0 Å². The molecule has 0 spiro atoms. The number of rotatable bonds is 7. The Morgan fingerprint density at radius 3 is 2.11 bits per heavy atom. The maximum absolute atomic E-state index is 12.0. The molecule has 27 heavy (non-hydrogen) atoms. The van der Waals surface area contributed by atoms with Crippen LogP contribution < -0.4 is 10.6 Å². The Morgan fingerprint density at radius 2 is 1.52 bits per heavy atom. The predicted molar refractivity (Wildman–Crippen MR) is 103 cm³/mol. The first-order chi connectivity index (χ1) is 12.7. The van der Waals surface area contributed by atoms with Gasteiger partial charge < -0.3 is 20.5 Å². The molecule has 0 aliphatic carbocycles. The van der Waals surface area contributed by atoms with E-state index in [1.165, 1.54) is 12.1 Å². The van der Waals surface area contributed by atoms with E-state index in [0.717, 1.165) is 16.7 Å². The Kier molecular flexibility index (Phi) is 6.96. The van der Waals surface area contributed by atoms with Crippen molar-refractivity contribution in [3.05, 3.63) is 70.8 Å². The average Bonchev–Trinajstić information content (AvgIpc) is 2.63. The number of hydrogen-bond donors (Lipinski definition) is 3. The Hall–Kier alpha value is -2.86. The molecule has 0 saturated carbocycles. The van der Waals surface area contributed by atoms with E-state index < -0.39 is 5.97 Å². The first-order valence-electron chi connectivity index (χ1n) is 8.79. The molecule has 0 aliphatic rings. The highest BCUT2D eigenvalue weighted by Gasteiger charge is 2.10. The number of benzene rings is 2. The highest BCUT2D eigenvalue weighted by atomic mass is 16.5. The summed E-state index contributed by atoms with van der Waals surface area (Å²) in [6.45, 7) is 7.29. The fourth-order valence-electron chi connectivity index (χ4n) is 2.32. The normalized spacial score (nSPS) is 11.1. The van der Waals surface area contributed by atoms with Gasteiger partial charge in [0, 0.05) is 13.1 Å². The van der Waals surface area contributed by atoms with Crippen LogP contribution in [0, 0.1) is 0 Å². The molecule has 0 aliphatic heterocycles. The van der Waals surface area contributed by atoms with Crippen LogP contribution >= 0.6 is 0 Å². The minimum Gasteiger partial charge on any atom is -0.478 e. The molecule has 3 N–H and O–H groups in total. The number of carboxylic acids is 1. The van der Waals surface area contributed by atoms with E-state index in [9.17, 15) is 9.59 Å². The number of ether oxygens (including phenoxy) is 1. The van der Waals surface area contributed by atoms with Crippen LogP contribution in [0.4, 0.5) is 4.79 Å². The van der Waals surface area contributed by atoms with Crippen molar-refractivity contribution in [3.8, 4) is 0 Å². The van der Waals surface area contributed by atoms with Crippen LogP contribution in [-0.4, -0.2) is 22.7 Å². The first kappa shape index (κ1) is 20.5. The number of urea groups is 1. The summed E-state index contributed by atoms with van der Waals surface area (Å²) in [5.74, 6) is -0.970. The van der Waals surface area contributed by atoms with Crippen LogP contribution in [0.2, 0.25) is 0 Å². The van der Waals surface area contributed by atoms with Gasteiger partial charge in [-0.25, -0.2) is 9.59 Å². The molecular formula is C21H26N2O4. The third kappa shape index (κ3) is 7.50. The third-order valence-electron chi connectivity index (χ3n) is 3.77. The Bertz CT molecular complexity index is 780. The zero-order valence-corrected chi connectivity index (χ0v) is 15.9. The number of carbonyl (C=O) groups is 2. The van der Waals surface area contributed by atoms with Crippen molar-refractivity contribution in [2.75, 3.05) is 0 Å². The molecule has 0 radical (unpaired) electrons. The van der Waals surface area contributed by atoms with E-state index >= 15 is 0 Å². The molecule has 0 atom stereocenters. The summed E-state index contributed by atoms with van der Waals surface area (Å²) in [6.07, 6.45) is 0. The molecule has 0 fully saturated rings. The molecule has 0 bridgehead atoms. The van der Waals surface area contributed by atoms with Gasteiger partial charge in [0.15, 0.2) is 0 Å². The zero-order valence-electron chi connectivity index (χ0n) is 15.9. The van der Waals surface area contributed by atoms with Gasteiger partial charge in [0.05, 0.1) is 17.8 Å². The standard InChI is InChI=1S/C21H26N2O4/c1-21(2,3)27-14-17-6-4-5-16(11-17)13-23-20(26)22-12-15-7-9-18(10-8-15)19(24)25/h4-11H,12-14H2,1-3H3,(H,24,25)(H2,22,23,26). The second-order valence-electron chi connectivity index (χ2n) is 7.26. The van der Waals surface area contributed by atoms with E-state index in [0.29, 0.717) is 19.7 Å². The molecule has 0 aromatic heterocycles. The summed E-state index contributed by atoms with van der Waals surface area (Å²) in [5, 5.41) is 14.4. The fraction of sp³-hybridized carbons (Fsp3) is 0.333. The first-order valence-corrected chi connectivity index (χ1v) is 8.79. The number of amides is 2. The summed E-state index contributed by atoms with van der Waals surface area (Å²) < 4.78 is 5.77. The highest BCUT2D eigenvalue weighted by molar-refractivity contribution is 5.87. The van der Waals surface area contributed by atoms with Gasteiger partial charge in [0.25, 0.3) is 0 Å². The van der Waals surface area contributed by atoms with Crippen molar-refractivity contribution < 1.29 is 19.4 Å². The molecule has 0 unspecified atom stereocenters. The molecule has 2 aromatic carbocycles. The van der Waals surface area contributed by atoms with E-state index in [1.54, 1.807) is 12.1 Å². The van der Waals surface area contributed by atoms with Gasteiger partial charge in [-0.1, -0.05) is 36.4 Å². The van der Waals surface area contributed by atoms with Gasteiger partial charge in [0.2, 0.25) is 0 Å². The Morgan fingerprint density at radius 1 is 0.926 bits per heavy atom. The van der Waals surface area contributed by atoms with E-state index in [4.69, 9.17) is 9.84 Å². The van der Waals surface area contributed by atoms with Gasteiger partial charge in [-0.2, -0.15) is 0 Å². The predicted octanol–water partition coefficient (Wildman–Crippen LogP) is 3.70. The molecule has 2 rings (SSSR count). The Balaban J connectivity index is 1.79. The second kappa shape index (κ2) is 9.19. The molecule has 144 valence electrons. The van der Waals surface area contributed by atoms with E-state index in [-0.39, 0.29) is 17.2 Å². The van der Waals surface area contributed by atoms with E-state index in [1.807, 2.05) is 45.0 Å². The average molecular weight is 370 g/mol. The van der Waals surface area contributed by atoms with Crippen LogP contribution in [0.5, 0.6) is 0 Å². The Labute approximate surface area is 159 Å². The lowest BCUT2D eigenvalue weighted by atomic mass is 10.1. The lowest BCUT2D eigenvalue weighted by Crippen LogP contribution is -2.34. The minimum atomic E-state index is -0.970. The number of carboxylic acid groups (broad SMARTS) is 1. The second-order valence-corrected chi connectivity index (χ2v) is 7.26. The maximum atomic E-state index is 12.0. The van der Waals surface area contributed by atoms with Crippen molar-refractivity contribution in [2.45, 2.75) is 46.1 Å². The topological polar surface area (TPSA) is 87.7 Å². The molecule has 0 heterocycles. The molecule has 6 nitrogen and oxygen atoms in total. The van der Waals surface area contributed by atoms with E-state index in [2.05, 4.69) is 10.6 Å². The number of nitrogens with one attached hydrogen (secondary N) is 2. The maximum Gasteiger partial charge on any atom is 0.335 e. The summed E-state index contributed by atoms with van der Waals surface area (Å²) in [6, 6.07) is 14.0. The van der Waals surface area contributed by atoms with Crippen LogP contribution in [0.25, 0.3) is 0 Å². The van der Waals surface area contributed by atoms with Crippen molar-refractivity contribution in [1.29, 1.82) is 0 Å². The lowest BCUT2D eigenvalue weighted by molar-refractivity contribution is -0.0149. The molecule has 0 saturated heterocycles. The van der Waals surface area contributed by atoms with Crippen molar-refractivity contribution in [3.63, 3.8) is 0 Å². The summed E-state index contributed by atoms with van der Waals surface area (Å²) in [5.41, 5.74) is 2.90. The van der Waals surface area contributed by atoms with Crippen molar-refractivity contribution in [1.82, 2.24) is 10.6 Å². The highest BCUT2D eigenvalue weighted by Crippen LogP contribution is 2.13. The van der Waals surface area contributed by atoms with Gasteiger partial charge in [-0.15, -0.1) is 0 Å². The number of carbonyl (C=O) groups excluding carboxylic acids is 1. The SMILES string of the molecule is CC(C)(C)OCc1cccc(CNC(=O)NCc2ccc(C(=O)O)cc2)c1. The summed E-state index contributed by atoms with van der Waals surface area (Å²) >= 11 is 0.